The minimum atomic E-state index is 0.751. The largest absolute Gasteiger partial charge is 0.0887 e. The SMILES string of the molecule is CC1=C(C)CC(Br)CC1. The summed E-state index contributed by atoms with van der Waals surface area (Å²) in [6.07, 6.45) is 3.87. The van der Waals surface area contributed by atoms with Crippen molar-refractivity contribution in [1.29, 1.82) is 0 Å². The minimum Gasteiger partial charge on any atom is -0.0887 e. The van der Waals surface area contributed by atoms with E-state index in [0.29, 0.717) is 0 Å². The Morgan fingerprint density at radius 2 is 2.00 bits per heavy atom. The molecule has 1 aliphatic rings. The Kier molecular flexibility index (Phi) is 2.34. The quantitative estimate of drug-likeness (QED) is 0.405. The lowest BCUT2D eigenvalue weighted by atomic mass is 9.94. The second kappa shape index (κ2) is 2.87. The Morgan fingerprint density at radius 3 is 2.44 bits per heavy atom. The minimum absolute atomic E-state index is 0.751. The molecular formula is C8H13Br. The molecule has 0 aliphatic heterocycles. The maximum atomic E-state index is 3.62. The lowest BCUT2D eigenvalue weighted by molar-refractivity contribution is 0.697. The topological polar surface area (TPSA) is 0 Å². The third-order valence-corrected chi connectivity index (χ3v) is 2.87. The molecule has 0 spiro atoms. The van der Waals surface area contributed by atoms with E-state index in [1.165, 1.54) is 19.3 Å². The Morgan fingerprint density at radius 1 is 1.33 bits per heavy atom. The van der Waals surface area contributed by atoms with Crippen LogP contribution in [0, 0.1) is 0 Å². The van der Waals surface area contributed by atoms with Gasteiger partial charge in [-0.25, -0.2) is 0 Å². The van der Waals surface area contributed by atoms with Crippen LogP contribution in [0.4, 0.5) is 0 Å². The average molecular weight is 189 g/mol. The molecule has 1 heteroatoms. The molecule has 0 radical (unpaired) electrons. The van der Waals surface area contributed by atoms with E-state index in [9.17, 15) is 0 Å². The van der Waals surface area contributed by atoms with Gasteiger partial charge in [0, 0.05) is 4.83 Å². The summed E-state index contributed by atoms with van der Waals surface area (Å²) >= 11 is 3.62. The molecule has 0 saturated carbocycles. The average Bonchev–Trinajstić information content (AvgIpc) is 1.80. The van der Waals surface area contributed by atoms with Gasteiger partial charge in [0.15, 0.2) is 0 Å². The van der Waals surface area contributed by atoms with Crippen LogP contribution in [0.2, 0.25) is 0 Å². The standard InChI is InChI=1S/C8H13Br/c1-6-3-4-8(9)5-7(6)2/h8H,3-5H2,1-2H3. The van der Waals surface area contributed by atoms with Gasteiger partial charge < -0.3 is 0 Å². The zero-order valence-electron chi connectivity index (χ0n) is 6.08. The number of alkyl halides is 1. The molecule has 0 fully saturated rings. The summed E-state index contributed by atoms with van der Waals surface area (Å²) in [6, 6.07) is 0. The first-order chi connectivity index (χ1) is 4.20. The summed E-state index contributed by atoms with van der Waals surface area (Å²) in [7, 11) is 0. The van der Waals surface area contributed by atoms with Crippen molar-refractivity contribution in [2.45, 2.75) is 37.9 Å². The van der Waals surface area contributed by atoms with Gasteiger partial charge in [0.2, 0.25) is 0 Å². The number of allylic oxidation sites excluding steroid dienone is 2. The van der Waals surface area contributed by atoms with Crippen LogP contribution in [0.3, 0.4) is 0 Å². The molecule has 0 N–H and O–H groups in total. The number of hydrogen-bond acceptors (Lipinski definition) is 0. The monoisotopic (exact) mass is 188 g/mol. The van der Waals surface area contributed by atoms with Gasteiger partial charge in [0.1, 0.15) is 0 Å². The number of rotatable bonds is 0. The fourth-order valence-corrected chi connectivity index (χ4v) is 1.91. The highest BCUT2D eigenvalue weighted by Crippen LogP contribution is 2.28. The molecule has 0 saturated heterocycles. The second-order valence-corrected chi connectivity index (χ2v) is 4.20. The smallest absolute Gasteiger partial charge is 0.0186 e. The van der Waals surface area contributed by atoms with E-state index >= 15 is 0 Å². The van der Waals surface area contributed by atoms with Crippen molar-refractivity contribution in [3.8, 4) is 0 Å². The van der Waals surface area contributed by atoms with Gasteiger partial charge in [0.25, 0.3) is 0 Å². The van der Waals surface area contributed by atoms with E-state index in [4.69, 9.17) is 0 Å². The van der Waals surface area contributed by atoms with Crippen molar-refractivity contribution in [3.05, 3.63) is 11.1 Å². The molecule has 0 nitrogen and oxygen atoms in total. The third kappa shape index (κ3) is 1.82. The highest BCUT2D eigenvalue weighted by atomic mass is 79.9. The fraction of sp³-hybridized carbons (Fsp3) is 0.750. The van der Waals surface area contributed by atoms with E-state index in [2.05, 4.69) is 29.8 Å². The van der Waals surface area contributed by atoms with Crippen LogP contribution in [0.1, 0.15) is 33.1 Å². The molecule has 0 aromatic heterocycles. The molecule has 0 amide bonds. The molecule has 1 aliphatic carbocycles. The highest BCUT2D eigenvalue weighted by Gasteiger charge is 2.12. The predicted octanol–water partition coefficient (Wildman–Crippen LogP) is 3.27. The molecule has 1 rings (SSSR count). The van der Waals surface area contributed by atoms with E-state index in [1.807, 2.05) is 0 Å². The highest BCUT2D eigenvalue weighted by molar-refractivity contribution is 9.09. The fourth-order valence-electron chi connectivity index (χ4n) is 1.20. The normalized spacial score (nSPS) is 29.0. The zero-order valence-corrected chi connectivity index (χ0v) is 7.66. The van der Waals surface area contributed by atoms with Gasteiger partial charge in [0.05, 0.1) is 0 Å². The molecule has 1 atom stereocenters. The van der Waals surface area contributed by atoms with Crippen LogP contribution in [-0.4, -0.2) is 4.83 Å². The lowest BCUT2D eigenvalue weighted by Crippen LogP contribution is -2.06. The molecule has 0 bridgehead atoms. The summed E-state index contributed by atoms with van der Waals surface area (Å²) in [4.78, 5) is 0.751. The summed E-state index contributed by atoms with van der Waals surface area (Å²) < 4.78 is 0. The van der Waals surface area contributed by atoms with Crippen molar-refractivity contribution in [1.82, 2.24) is 0 Å². The van der Waals surface area contributed by atoms with Gasteiger partial charge in [-0.05, 0) is 33.1 Å². The molecule has 9 heavy (non-hydrogen) atoms. The van der Waals surface area contributed by atoms with Crippen LogP contribution in [0.25, 0.3) is 0 Å². The van der Waals surface area contributed by atoms with Crippen LogP contribution in [0.5, 0.6) is 0 Å². The number of halogens is 1. The Labute approximate surface area is 65.5 Å². The molecule has 1 unspecified atom stereocenters. The molecule has 0 aromatic rings. The lowest BCUT2D eigenvalue weighted by Gasteiger charge is -2.18. The maximum absolute atomic E-state index is 3.62. The van der Waals surface area contributed by atoms with Crippen LogP contribution < -0.4 is 0 Å². The van der Waals surface area contributed by atoms with Crippen molar-refractivity contribution >= 4 is 15.9 Å². The van der Waals surface area contributed by atoms with Crippen molar-refractivity contribution in [3.63, 3.8) is 0 Å². The van der Waals surface area contributed by atoms with Gasteiger partial charge >= 0.3 is 0 Å². The van der Waals surface area contributed by atoms with Crippen LogP contribution in [0.15, 0.2) is 11.1 Å². The first-order valence-electron chi connectivity index (χ1n) is 3.49. The van der Waals surface area contributed by atoms with Crippen LogP contribution >= 0.6 is 15.9 Å². The van der Waals surface area contributed by atoms with Crippen molar-refractivity contribution in [2.75, 3.05) is 0 Å². The second-order valence-electron chi connectivity index (χ2n) is 2.90. The Balaban J connectivity index is 2.61. The predicted molar refractivity (Wildman–Crippen MR) is 44.9 cm³/mol. The van der Waals surface area contributed by atoms with Crippen molar-refractivity contribution in [2.24, 2.45) is 0 Å². The van der Waals surface area contributed by atoms with Crippen LogP contribution in [-0.2, 0) is 0 Å². The first-order valence-corrected chi connectivity index (χ1v) is 4.41. The third-order valence-electron chi connectivity index (χ3n) is 2.09. The molecule has 0 heterocycles. The van der Waals surface area contributed by atoms with E-state index in [-0.39, 0.29) is 0 Å². The first kappa shape index (κ1) is 7.33. The summed E-state index contributed by atoms with van der Waals surface area (Å²) in [6.45, 7) is 4.48. The van der Waals surface area contributed by atoms with Crippen molar-refractivity contribution < 1.29 is 0 Å². The molecule has 0 aromatic carbocycles. The molecular weight excluding hydrogens is 176 g/mol. The number of hydrogen-bond donors (Lipinski definition) is 0. The zero-order chi connectivity index (χ0) is 6.85. The van der Waals surface area contributed by atoms with E-state index < -0.39 is 0 Å². The van der Waals surface area contributed by atoms with Gasteiger partial charge in [-0.3, -0.25) is 0 Å². The Hall–Kier alpha value is 0.220. The van der Waals surface area contributed by atoms with E-state index in [1.54, 1.807) is 11.1 Å². The maximum Gasteiger partial charge on any atom is 0.0186 e. The van der Waals surface area contributed by atoms with Gasteiger partial charge in [-0.1, -0.05) is 27.1 Å². The van der Waals surface area contributed by atoms with E-state index in [0.717, 1.165) is 4.83 Å². The van der Waals surface area contributed by atoms with Gasteiger partial charge in [-0.2, -0.15) is 0 Å². The summed E-state index contributed by atoms with van der Waals surface area (Å²) in [5.74, 6) is 0. The Bertz CT molecular complexity index is 136. The summed E-state index contributed by atoms with van der Waals surface area (Å²) in [5.41, 5.74) is 3.19. The summed E-state index contributed by atoms with van der Waals surface area (Å²) in [5, 5.41) is 0. The van der Waals surface area contributed by atoms with Gasteiger partial charge in [-0.15, -0.1) is 0 Å². The molecule has 52 valence electrons.